The highest BCUT2D eigenvalue weighted by Crippen LogP contribution is 2.27. The van der Waals surface area contributed by atoms with Crippen LogP contribution in [0.1, 0.15) is 31.9 Å². The first-order valence-corrected chi connectivity index (χ1v) is 10.6. The molecule has 0 radical (unpaired) electrons. The highest BCUT2D eigenvalue weighted by atomic mass is 32.2. The van der Waals surface area contributed by atoms with Crippen LogP contribution in [-0.4, -0.2) is 36.7 Å². The summed E-state index contributed by atoms with van der Waals surface area (Å²) in [4.78, 5) is 16.8. The number of nitrogens with one attached hydrogen (secondary N) is 1. The van der Waals surface area contributed by atoms with Crippen LogP contribution in [0.4, 0.5) is 9.52 Å². The molecule has 0 saturated carbocycles. The fourth-order valence-corrected chi connectivity index (χ4v) is 5.11. The summed E-state index contributed by atoms with van der Waals surface area (Å²) in [7, 11) is -3.73. The van der Waals surface area contributed by atoms with E-state index in [1.165, 1.54) is 27.8 Å². The first-order valence-electron chi connectivity index (χ1n) is 8.29. The summed E-state index contributed by atoms with van der Waals surface area (Å²) in [6.07, 6.45) is 0.439. The summed E-state index contributed by atoms with van der Waals surface area (Å²) in [6.45, 7) is 4.41. The van der Waals surface area contributed by atoms with E-state index in [0.29, 0.717) is 11.6 Å². The summed E-state index contributed by atoms with van der Waals surface area (Å²) in [6, 6.07) is 4.70. The number of aromatic nitrogens is 1. The SMILES string of the molecule is CC(C)c1csc(NC(=O)C2CCN(S(=O)(=O)c3ccc(F)cc3)C2)n1. The molecule has 1 aliphatic rings. The monoisotopic (exact) mass is 397 g/mol. The number of nitrogens with zero attached hydrogens (tertiary/aromatic N) is 2. The van der Waals surface area contributed by atoms with Crippen molar-refractivity contribution in [2.24, 2.45) is 5.92 Å². The highest BCUT2D eigenvalue weighted by Gasteiger charge is 2.36. The summed E-state index contributed by atoms with van der Waals surface area (Å²) in [5.74, 6) is -0.880. The van der Waals surface area contributed by atoms with E-state index >= 15 is 0 Å². The number of hydrogen-bond donors (Lipinski definition) is 1. The van der Waals surface area contributed by atoms with Crippen molar-refractivity contribution in [2.45, 2.75) is 31.1 Å². The molecule has 1 saturated heterocycles. The first kappa shape index (κ1) is 18.9. The minimum atomic E-state index is -3.73. The van der Waals surface area contributed by atoms with Gasteiger partial charge in [0.05, 0.1) is 16.5 Å². The van der Waals surface area contributed by atoms with Gasteiger partial charge in [0, 0.05) is 18.5 Å². The number of thiazole rings is 1. The Labute approximate surface area is 156 Å². The molecule has 1 N–H and O–H groups in total. The average molecular weight is 397 g/mol. The van der Waals surface area contributed by atoms with E-state index in [4.69, 9.17) is 0 Å². The van der Waals surface area contributed by atoms with Gasteiger partial charge in [0.25, 0.3) is 0 Å². The largest absolute Gasteiger partial charge is 0.302 e. The lowest BCUT2D eigenvalue weighted by Gasteiger charge is -2.16. The lowest BCUT2D eigenvalue weighted by molar-refractivity contribution is -0.119. The Morgan fingerprint density at radius 3 is 2.65 bits per heavy atom. The van der Waals surface area contributed by atoms with E-state index in [1.807, 2.05) is 19.2 Å². The second kappa shape index (κ2) is 7.42. The van der Waals surface area contributed by atoms with Crippen molar-refractivity contribution in [3.05, 3.63) is 41.2 Å². The molecule has 0 aliphatic carbocycles. The zero-order valence-electron chi connectivity index (χ0n) is 14.5. The molecule has 26 heavy (non-hydrogen) atoms. The maximum Gasteiger partial charge on any atom is 0.243 e. The normalized spacial score (nSPS) is 18.4. The van der Waals surface area contributed by atoms with Gasteiger partial charge < -0.3 is 5.32 Å². The number of anilines is 1. The maximum atomic E-state index is 13.0. The Bertz CT molecular complexity index is 894. The minimum absolute atomic E-state index is 0.0291. The number of hydrogen-bond acceptors (Lipinski definition) is 5. The highest BCUT2D eigenvalue weighted by molar-refractivity contribution is 7.89. The van der Waals surface area contributed by atoms with Crippen LogP contribution < -0.4 is 5.32 Å². The van der Waals surface area contributed by atoms with Gasteiger partial charge in [0.15, 0.2) is 5.13 Å². The number of carbonyl (C=O) groups is 1. The topological polar surface area (TPSA) is 79.4 Å². The van der Waals surface area contributed by atoms with Gasteiger partial charge in [-0.3, -0.25) is 4.79 Å². The molecule has 1 aromatic heterocycles. The van der Waals surface area contributed by atoms with Crippen molar-refractivity contribution < 1.29 is 17.6 Å². The van der Waals surface area contributed by atoms with Gasteiger partial charge >= 0.3 is 0 Å². The van der Waals surface area contributed by atoms with E-state index < -0.39 is 21.8 Å². The fraction of sp³-hybridized carbons (Fsp3) is 0.412. The zero-order chi connectivity index (χ0) is 18.9. The minimum Gasteiger partial charge on any atom is -0.302 e. The fourth-order valence-electron chi connectivity index (χ4n) is 2.73. The van der Waals surface area contributed by atoms with Crippen LogP contribution >= 0.6 is 11.3 Å². The molecule has 1 atom stereocenters. The molecular weight excluding hydrogens is 377 g/mol. The lowest BCUT2D eigenvalue weighted by Crippen LogP contribution is -2.31. The second-order valence-electron chi connectivity index (χ2n) is 6.52. The van der Waals surface area contributed by atoms with Crippen molar-refractivity contribution in [3.63, 3.8) is 0 Å². The van der Waals surface area contributed by atoms with Crippen molar-refractivity contribution in [1.82, 2.24) is 9.29 Å². The van der Waals surface area contributed by atoms with Crippen molar-refractivity contribution in [3.8, 4) is 0 Å². The zero-order valence-corrected chi connectivity index (χ0v) is 16.1. The summed E-state index contributed by atoms with van der Waals surface area (Å²) < 4.78 is 39.5. The quantitative estimate of drug-likeness (QED) is 0.841. The molecule has 1 unspecified atom stereocenters. The molecule has 1 amide bonds. The van der Waals surface area contributed by atoms with E-state index in [2.05, 4.69) is 10.3 Å². The molecule has 0 spiro atoms. The first-order chi connectivity index (χ1) is 12.3. The molecule has 1 aliphatic heterocycles. The Morgan fingerprint density at radius 2 is 2.04 bits per heavy atom. The predicted molar refractivity (Wildman–Crippen MR) is 98.1 cm³/mol. The van der Waals surface area contributed by atoms with Crippen LogP contribution in [0.15, 0.2) is 34.5 Å². The van der Waals surface area contributed by atoms with Gasteiger partial charge in [-0.1, -0.05) is 13.8 Å². The number of amides is 1. The Balaban J connectivity index is 1.65. The molecule has 1 fully saturated rings. The van der Waals surface area contributed by atoms with Crippen LogP contribution in [-0.2, 0) is 14.8 Å². The molecule has 140 valence electrons. The van der Waals surface area contributed by atoms with Crippen molar-refractivity contribution in [2.75, 3.05) is 18.4 Å². The van der Waals surface area contributed by atoms with Gasteiger partial charge in [-0.05, 0) is 36.6 Å². The third-order valence-corrected chi connectivity index (χ3v) is 6.97. The molecule has 1 aromatic carbocycles. The molecule has 2 heterocycles. The van der Waals surface area contributed by atoms with Crippen molar-refractivity contribution in [1.29, 1.82) is 0 Å². The van der Waals surface area contributed by atoms with Crippen LogP contribution in [0.5, 0.6) is 0 Å². The molecule has 6 nitrogen and oxygen atoms in total. The van der Waals surface area contributed by atoms with Crippen LogP contribution in [0.25, 0.3) is 0 Å². The van der Waals surface area contributed by atoms with Gasteiger partial charge in [0.1, 0.15) is 5.82 Å². The van der Waals surface area contributed by atoms with E-state index in [9.17, 15) is 17.6 Å². The molecular formula is C17H20FN3O3S2. The smallest absolute Gasteiger partial charge is 0.243 e. The van der Waals surface area contributed by atoms with Crippen molar-refractivity contribution >= 4 is 32.4 Å². The maximum absolute atomic E-state index is 13.0. The molecule has 0 bridgehead atoms. The average Bonchev–Trinajstić information content (AvgIpc) is 3.25. The predicted octanol–water partition coefficient (Wildman–Crippen LogP) is 3.05. The lowest BCUT2D eigenvalue weighted by atomic mass is 10.1. The second-order valence-corrected chi connectivity index (χ2v) is 9.32. The third kappa shape index (κ3) is 3.94. The Kier molecular flexibility index (Phi) is 5.40. The van der Waals surface area contributed by atoms with Crippen LogP contribution in [0.3, 0.4) is 0 Å². The third-order valence-electron chi connectivity index (χ3n) is 4.32. The number of halogens is 1. The molecule has 9 heteroatoms. The van der Waals surface area contributed by atoms with Gasteiger partial charge in [-0.15, -0.1) is 11.3 Å². The summed E-state index contributed by atoms with van der Waals surface area (Å²) >= 11 is 1.36. The number of carbonyl (C=O) groups excluding carboxylic acids is 1. The number of benzene rings is 1. The van der Waals surface area contributed by atoms with E-state index in [1.54, 1.807) is 0 Å². The van der Waals surface area contributed by atoms with E-state index in [0.717, 1.165) is 17.8 Å². The summed E-state index contributed by atoms with van der Waals surface area (Å²) in [5, 5.41) is 5.21. The number of sulfonamides is 1. The number of rotatable bonds is 5. The van der Waals surface area contributed by atoms with E-state index in [-0.39, 0.29) is 29.8 Å². The standard InChI is InChI=1S/C17H20FN3O3S2/c1-11(2)15-10-25-17(19-15)20-16(22)12-7-8-21(9-12)26(23,24)14-5-3-13(18)4-6-14/h3-6,10-12H,7-9H2,1-2H3,(H,19,20,22). The van der Waals surface area contributed by atoms with Crippen LogP contribution in [0, 0.1) is 11.7 Å². The summed E-state index contributed by atoms with van der Waals surface area (Å²) in [5.41, 5.74) is 0.914. The van der Waals surface area contributed by atoms with Crippen LogP contribution in [0.2, 0.25) is 0 Å². The molecule has 2 aromatic rings. The van der Waals surface area contributed by atoms with Gasteiger partial charge in [-0.2, -0.15) is 4.31 Å². The van der Waals surface area contributed by atoms with Gasteiger partial charge in [-0.25, -0.2) is 17.8 Å². The Hall–Kier alpha value is -1.84. The molecule has 3 rings (SSSR count). The van der Waals surface area contributed by atoms with Gasteiger partial charge in [0.2, 0.25) is 15.9 Å². The Morgan fingerprint density at radius 1 is 1.35 bits per heavy atom.